The number of nitrogens with two attached hydrogens (primary N) is 1. The first kappa shape index (κ1) is 16.0. The second kappa shape index (κ2) is 6.58. The lowest BCUT2D eigenvalue weighted by Crippen LogP contribution is -2.39. The molecule has 0 saturated carbocycles. The maximum atomic E-state index is 12.4. The molecule has 2 unspecified atom stereocenters. The molecule has 1 heterocycles. The van der Waals surface area contributed by atoms with E-state index >= 15 is 0 Å². The van der Waals surface area contributed by atoms with Gasteiger partial charge in [0.25, 0.3) is 0 Å². The molecule has 21 heavy (non-hydrogen) atoms. The van der Waals surface area contributed by atoms with Crippen LogP contribution in [-0.2, 0) is 14.8 Å². The van der Waals surface area contributed by atoms with Crippen molar-refractivity contribution in [3.8, 4) is 11.8 Å². The number of hydrogen-bond donors (Lipinski definition) is 2. The van der Waals surface area contributed by atoms with Crippen LogP contribution in [0.3, 0.4) is 0 Å². The molecule has 0 aliphatic carbocycles. The highest BCUT2D eigenvalue weighted by atomic mass is 32.2. The van der Waals surface area contributed by atoms with Crippen LogP contribution in [0.15, 0.2) is 23.1 Å². The average Bonchev–Trinajstić information content (AvgIpc) is 2.82. The summed E-state index contributed by atoms with van der Waals surface area (Å²) in [7, 11) is -3.54. The molecular weight excluding hydrogens is 288 g/mol. The second-order valence-electron chi connectivity index (χ2n) is 5.07. The molecule has 1 fully saturated rings. The number of nitrogens with one attached hydrogen (secondary N) is 1. The van der Waals surface area contributed by atoms with Crippen molar-refractivity contribution in [1.29, 1.82) is 0 Å². The van der Waals surface area contributed by atoms with Crippen LogP contribution in [-0.4, -0.2) is 33.7 Å². The topological polar surface area (TPSA) is 81.4 Å². The Balaban J connectivity index is 2.22. The quantitative estimate of drug-likeness (QED) is 0.808. The van der Waals surface area contributed by atoms with Crippen LogP contribution < -0.4 is 10.5 Å². The first-order chi connectivity index (χ1) is 9.94. The third kappa shape index (κ3) is 3.83. The van der Waals surface area contributed by atoms with Gasteiger partial charge in [0.2, 0.25) is 10.0 Å². The lowest BCUT2D eigenvalue weighted by molar-refractivity contribution is 0.117. The van der Waals surface area contributed by atoms with E-state index < -0.39 is 10.0 Å². The van der Waals surface area contributed by atoms with Gasteiger partial charge in [-0.2, -0.15) is 0 Å². The number of rotatable bonds is 3. The Morgan fingerprint density at radius 2 is 2.24 bits per heavy atom. The summed E-state index contributed by atoms with van der Waals surface area (Å²) in [5, 5.41) is 0. The average molecular weight is 308 g/mol. The number of sulfonamides is 1. The monoisotopic (exact) mass is 308 g/mol. The summed E-state index contributed by atoms with van der Waals surface area (Å²) in [6.07, 6.45) is 0.593. The molecule has 1 aliphatic rings. The Kier molecular flexibility index (Phi) is 5.01. The number of aryl methyl sites for hydroxylation is 1. The van der Waals surface area contributed by atoms with Crippen molar-refractivity contribution in [2.75, 3.05) is 13.2 Å². The van der Waals surface area contributed by atoms with Gasteiger partial charge < -0.3 is 10.5 Å². The molecule has 0 amide bonds. The molecule has 2 atom stereocenters. The van der Waals surface area contributed by atoms with Gasteiger partial charge in [-0.1, -0.05) is 11.8 Å². The molecule has 1 aromatic carbocycles. The maximum absolute atomic E-state index is 12.4. The molecule has 2 rings (SSSR count). The molecule has 6 heteroatoms. The fraction of sp³-hybridized carbons (Fsp3) is 0.467. The molecule has 0 aromatic heterocycles. The molecule has 5 nitrogen and oxygen atoms in total. The van der Waals surface area contributed by atoms with Crippen LogP contribution in [0.25, 0.3) is 0 Å². The van der Waals surface area contributed by atoms with E-state index in [0.29, 0.717) is 13.0 Å². The molecule has 3 N–H and O–H groups in total. The molecule has 1 aliphatic heterocycles. The van der Waals surface area contributed by atoms with Crippen molar-refractivity contribution >= 4 is 10.0 Å². The van der Waals surface area contributed by atoms with Gasteiger partial charge in [-0.3, -0.25) is 0 Å². The molecule has 1 aromatic rings. The molecule has 0 radical (unpaired) electrons. The van der Waals surface area contributed by atoms with E-state index in [-0.39, 0.29) is 23.6 Å². The highest BCUT2D eigenvalue weighted by Gasteiger charge is 2.29. The molecule has 0 bridgehead atoms. The van der Waals surface area contributed by atoms with Crippen molar-refractivity contribution < 1.29 is 13.2 Å². The number of hydrogen-bond acceptors (Lipinski definition) is 4. The third-order valence-corrected chi connectivity index (χ3v) is 5.00. The fourth-order valence-electron chi connectivity index (χ4n) is 2.24. The Morgan fingerprint density at radius 1 is 1.48 bits per heavy atom. The normalized spacial score (nSPS) is 21.9. The first-order valence-electron chi connectivity index (χ1n) is 6.87. The van der Waals surface area contributed by atoms with E-state index in [1.54, 1.807) is 18.2 Å². The maximum Gasteiger partial charge on any atom is 0.240 e. The van der Waals surface area contributed by atoms with Gasteiger partial charge in [-0.15, -0.1) is 0 Å². The fourth-order valence-corrected chi connectivity index (χ4v) is 3.67. The van der Waals surface area contributed by atoms with Gasteiger partial charge >= 0.3 is 0 Å². The third-order valence-electron chi connectivity index (χ3n) is 3.52. The molecular formula is C15H20N2O3S. The van der Waals surface area contributed by atoms with Crippen LogP contribution in [0.1, 0.15) is 24.5 Å². The summed E-state index contributed by atoms with van der Waals surface area (Å²) in [4.78, 5) is 0.248. The highest BCUT2D eigenvalue weighted by Crippen LogP contribution is 2.19. The lowest BCUT2D eigenvalue weighted by Gasteiger charge is -2.16. The van der Waals surface area contributed by atoms with Gasteiger partial charge in [0.1, 0.15) is 0 Å². The van der Waals surface area contributed by atoms with Crippen molar-refractivity contribution in [2.45, 2.75) is 37.3 Å². The summed E-state index contributed by atoms with van der Waals surface area (Å²) >= 11 is 0. The summed E-state index contributed by atoms with van der Waals surface area (Å²) in [6, 6.07) is 4.73. The van der Waals surface area contributed by atoms with Crippen LogP contribution in [0.2, 0.25) is 0 Å². The smallest absolute Gasteiger partial charge is 0.240 e. The summed E-state index contributed by atoms with van der Waals surface area (Å²) in [6.45, 7) is 4.57. The van der Waals surface area contributed by atoms with Gasteiger partial charge in [-0.25, -0.2) is 13.1 Å². The SMILES string of the molecule is Cc1cc(S(=O)(=O)NC2CCOC2C)ccc1C#CCN. The zero-order valence-corrected chi connectivity index (χ0v) is 13.0. The largest absolute Gasteiger partial charge is 0.377 e. The van der Waals surface area contributed by atoms with Crippen LogP contribution >= 0.6 is 0 Å². The molecule has 114 valence electrons. The Hall–Kier alpha value is -1.39. The summed E-state index contributed by atoms with van der Waals surface area (Å²) in [5.41, 5.74) is 6.94. The van der Waals surface area contributed by atoms with Gasteiger partial charge in [0, 0.05) is 12.2 Å². The summed E-state index contributed by atoms with van der Waals surface area (Å²) in [5.74, 6) is 5.69. The minimum absolute atomic E-state index is 0.101. The zero-order valence-electron chi connectivity index (χ0n) is 12.2. The van der Waals surface area contributed by atoms with Crippen LogP contribution in [0, 0.1) is 18.8 Å². The predicted molar refractivity (Wildman–Crippen MR) is 81.3 cm³/mol. The second-order valence-corrected chi connectivity index (χ2v) is 6.79. The van der Waals surface area contributed by atoms with E-state index in [1.165, 1.54) is 0 Å². The van der Waals surface area contributed by atoms with Gasteiger partial charge in [0.05, 0.1) is 23.6 Å². The van der Waals surface area contributed by atoms with Crippen LogP contribution in [0.4, 0.5) is 0 Å². The molecule has 1 saturated heterocycles. The van der Waals surface area contributed by atoms with Gasteiger partial charge in [0.15, 0.2) is 0 Å². The minimum atomic E-state index is -3.54. The van der Waals surface area contributed by atoms with E-state index in [0.717, 1.165) is 11.1 Å². The summed E-state index contributed by atoms with van der Waals surface area (Å²) < 4.78 is 32.9. The van der Waals surface area contributed by atoms with Crippen molar-refractivity contribution in [3.05, 3.63) is 29.3 Å². The van der Waals surface area contributed by atoms with E-state index in [2.05, 4.69) is 16.6 Å². The Bertz CT molecular complexity index is 674. The van der Waals surface area contributed by atoms with Crippen molar-refractivity contribution in [1.82, 2.24) is 4.72 Å². The van der Waals surface area contributed by atoms with Crippen molar-refractivity contribution in [2.24, 2.45) is 5.73 Å². The lowest BCUT2D eigenvalue weighted by atomic mass is 10.1. The molecule has 0 spiro atoms. The minimum Gasteiger partial charge on any atom is -0.377 e. The zero-order chi connectivity index (χ0) is 15.5. The van der Waals surface area contributed by atoms with Crippen molar-refractivity contribution in [3.63, 3.8) is 0 Å². The highest BCUT2D eigenvalue weighted by molar-refractivity contribution is 7.89. The van der Waals surface area contributed by atoms with E-state index in [1.807, 2.05) is 13.8 Å². The van der Waals surface area contributed by atoms with Crippen LogP contribution in [0.5, 0.6) is 0 Å². The standard InChI is InChI=1S/C15H20N2O3S/c1-11-10-14(6-5-13(11)4-3-8-16)21(18,19)17-15-7-9-20-12(15)2/h5-6,10,12,15,17H,7-9,16H2,1-2H3. The predicted octanol–water partition coefficient (Wildman–Crippen LogP) is 0.761. The van der Waals surface area contributed by atoms with Gasteiger partial charge in [-0.05, 0) is 44.0 Å². The van der Waals surface area contributed by atoms with E-state index in [9.17, 15) is 8.42 Å². The number of benzene rings is 1. The Morgan fingerprint density at radius 3 is 2.81 bits per heavy atom. The number of ether oxygens (including phenoxy) is 1. The first-order valence-corrected chi connectivity index (χ1v) is 8.36. The van der Waals surface area contributed by atoms with E-state index in [4.69, 9.17) is 10.5 Å². The Labute approximate surface area is 125 Å².